The number of aromatic nitrogens is 3. The average molecular weight is 378 g/mol. The van der Waals surface area contributed by atoms with Gasteiger partial charge in [0.2, 0.25) is 5.95 Å². The van der Waals surface area contributed by atoms with Gasteiger partial charge in [-0.1, -0.05) is 18.2 Å². The molecule has 1 aliphatic heterocycles. The molecule has 8 heteroatoms. The van der Waals surface area contributed by atoms with Crippen molar-refractivity contribution in [2.45, 2.75) is 0 Å². The van der Waals surface area contributed by atoms with Crippen molar-refractivity contribution in [1.82, 2.24) is 19.9 Å². The van der Waals surface area contributed by atoms with E-state index in [1.807, 2.05) is 30.3 Å². The van der Waals surface area contributed by atoms with E-state index in [-0.39, 0.29) is 5.91 Å². The number of para-hydroxylation sites is 1. The van der Waals surface area contributed by atoms with Gasteiger partial charge in [0.25, 0.3) is 5.91 Å². The maximum absolute atomic E-state index is 12.5. The number of morpholine rings is 1. The van der Waals surface area contributed by atoms with Crippen molar-refractivity contribution in [1.29, 1.82) is 0 Å². The molecule has 1 saturated heterocycles. The van der Waals surface area contributed by atoms with Crippen LogP contribution in [0.4, 0.5) is 11.6 Å². The van der Waals surface area contributed by atoms with E-state index < -0.39 is 0 Å². The third-order valence-corrected chi connectivity index (χ3v) is 4.61. The molecular weight excluding hydrogens is 356 g/mol. The Morgan fingerprint density at radius 2 is 1.86 bits per heavy atom. The molecule has 0 radical (unpaired) electrons. The number of anilines is 2. The molecule has 0 spiro atoms. The second-order valence-electron chi connectivity index (χ2n) is 6.51. The van der Waals surface area contributed by atoms with E-state index in [9.17, 15) is 4.79 Å². The molecule has 3 aromatic rings. The summed E-state index contributed by atoms with van der Waals surface area (Å²) in [7, 11) is 0. The molecule has 0 atom stereocenters. The third kappa shape index (κ3) is 4.41. The number of nitrogens with one attached hydrogen (secondary N) is 2. The Morgan fingerprint density at radius 3 is 2.68 bits per heavy atom. The lowest BCUT2D eigenvalue weighted by atomic mass is 10.2. The van der Waals surface area contributed by atoms with E-state index in [0.29, 0.717) is 17.2 Å². The second-order valence-corrected chi connectivity index (χ2v) is 6.51. The molecule has 2 N–H and O–H groups in total. The van der Waals surface area contributed by atoms with Crippen molar-refractivity contribution in [2.75, 3.05) is 50.0 Å². The van der Waals surface area contributed by atoms with Gasteiger partial charge in [0.15, 0.2) is 0 Å². The number of hydrogen-bond donors (Lipinski definition) is 2. The summed E-state index contributed by atoms with van der Waals surface area (Å²) >= 11 is 0. The molecule has 1 amide bonds. The van der Waals surface area contributed by atoms with Gasteiger partial charge in [0.1, 0.15) is 0 Å². The van der Waals surface area contributed by atoms with Crippen LogP contribution in [0.1, 0.15) is 10.4 Å². The summed E-state index contributed by atoms with van der Waals surface area (Å²) < 4.78 is 5.34. The van der Waals surface area contributed by atoms with Crippen molar-refractivity contribution >= 4 is 28.4 Å². The van der Waals surface area contributed by atoms with E-state index in [4.69, 9.17) is 4.74 Å². The standard InChI is InChI=1S/C20H22N6O2/c27-19(25-17-5-1-3-15-4-2-6-21-18(15)17)16-13-23-20(24-14-16)22-7-8-26-9-11-28-12-10-26/h1-6,13-14H,7-12H2,(H,25,27)(H,22,23,24). The zero-order chi connectivity index (χ0) is 19.2. The molecular formula is C20H22N6O2. The lowest BCUT2D eigenvalue weighted by Crippen LogP contribution is -2.39. The van der Waals surface area contributed by atoms with Gasteiger partial charge in [-0.25, -0.2) is 9.97 Å². The Kier molecular flexibility index (Phi) is 5.69. The quantitative estimate of drug-likeness (QED) is 0.678. The second kappa shape index (κ2) is 8.73. The highest BCUT2D eigenvalue weighted by Crippen LogP contribution is 2.21. The number of amides is 1. The van der Waals surface area contributed by atoms with E-state index >= 15 is 0 Å². The molecule has 2 aromatic heterocycles. The number of fused-ring (bicyclic) bond motifs is 1. The highest BCUT2D eigenvalue weighted by molar-refractivity contribution is 6.08. The molecule has 0 bridgehead atoms. The van der Waals surface area contributed by atoms with Crippen molar-refractivity contribution in [2.24, 2.45) is 0 Å². The lowest BCUT2D eigenvalue weighted by Gasteiger charge is -2.26. The fourth-order valence-electron chi connectivity index (χ4n) is 3.09. The molecule has 0 aliphatic carbocycles. The van der Waals surface area contributed by atoms with Crippen LogP contribution in [0.3, 0.4) is 0 Å². The Balaban J connectivity index is 1.34. The molecule has 144 valence electrons. The van der Waals surface area contributed by atoms with Gasteiger partial charge in [0, 0.05) is 50.2 Å². The normalized spacial score (nSPS) is 14.7. The van der Waals surface area contributed by atoms with Gasteiger partial charge in [0.05, 0.1) is 30.0 Å². The van der Waals surface area contributed by atoms with Crippen LogP contribution in [0.15, 0.2) is 48.9 Å². The molecule has 8 nitrogen and oxygen atoms in total. The fourth-order valence-corrected chi connectivity index (χ4v) is 3.09. The predicted molar refractivity (Wildman–Crippen MR) is 107 cm³/mol. The summed E-state index contributed by atoms with van der Waals surface area (Å²) in [6, 6.07) is 9.50. The largest absolute Gasteiger partial charge is 0.379 e. The van der Waals surface area contributed by atoms with Crippen LogP contribution in [-0.2, 0) is 4.74 Å². The summed E-state index contributed by atoms with van der Waals surface area (Å²) in [5, 5.41) is 7.04. The molecule has 1 aromatic carbocycles. The zero-order valence-electron chi connectivity index (χ0n) is 15.5. The first-order chi connectivity index (χ1) is 13.8. The predicted octanol–water partition coefficient (Wildman–Crippen LogP) is 2.02. The first-order valence-electron chi connectivity index (χ1n) is 9.31. The van der Waals surface area contributed by atoms with Crippen LogP contribution < -0.4 is 10.6 Å². The molecule has 28 heavy (non-hydrogen) atoms. The fraction of sp³-hybridized carbons (Fsp3) is 0.300. The maximum Gasteiger partial charge on any atom is 0.258 e. The number of benzene rings is 1. The number of rotatable bonds is 6. The Morgan fingerprint density at radius 1 is 1.07 bits per heavy atom. The number of nitrogens with zero attached hydrogens (tertiary/aromatic N) is 4. The lowest BCUT2D eigenvalue weighted by molar-refractivity contribution is 0.0398. The first kappa shape index (κ1) is 18.3. The van der Waals surface area contributed by atoms with Gasteiger partial charge >= 0.3 is 0 Å². The minimum atomic E-state index is -0.266. The van der Waals surface area contributed by atoms with Gasteiger partial charge in [-0.3, -0.25) is 14.7 Å². The summed E-state index contributed by atoms with van der Waals surface area (Å²) in [6.45, 7) is 5.12. The van der Waals surface area contributed by atoms with Crippen molar-refractivity contribution in [3.05, 3.63) is 54.5 Å². The monoisotopic (exact) mass is 378 g/mol. The summed E-state index contributed by atoms with van der Waals surface area (Å²) in [5.41, 5.74) is 1.81. The van der Waals surface area contributed by atoms with E-state index in [0.717, 1.165) is 50.3 Å². The van der Waals surface area contributed by atoms with E-state index in [1.165, 1.54) is 12.4 Å². The summed E-state index contributed by atoms with van der Waals surface area (Å²) in [4.78, 5) is 27.7. The van der Waals surface area contributed by atoms with Crippen LogP contribution in [0.25, 0.3) is 10.9 Å². The minimum Gasteiger partial charge on any atom is -0.379 e. The molecule has 4 rings (SSSR count). The minimum absolute atomic E-state index is 0.266. The maximum atomic E-state index is 12.5. The Bertz CT molecular complexity index is 936. The highest BCUT2D eigenvalue weighted by Gasteiger charge is 2.11. The summed E-state index contributed by atoms with van der Waals surface area (Å²) in [5.74, 6) is 0.245. The van der Waals surface area contributed by atoms with Crippen molar-refractivity contribution in [3.8, 4) is 0 Å². The number of carbonyl (C=O) groups excluding carboxylic acids is 1. The van der Waals surface area contributed by atoms with E-state index in [2.05, 4.69) is 30.5 Å². The van der Waals surface area contributed by atoms with Gasteiger partial charge < -0.3 is 15.4 Å². The van der Waals surface area contributed by atoms with Gasteiger partial charge in [-0.05, 0) is 12.1 Å². The first-order valence-corrected chi connectivity index (χ1v) is 9.31. The van der Waals surface area contributed by atoms with Crippen molar-refractivity contribution < 1.29 is 9.53 Å². The average Bonchev–Trinajstić information content (AvgIpc) is 2.75. The topological polar surface area (TPSA) is 92.3 Å². The molecule has 0 unspecified atom stereocenters. The van der Waals surface area contributed by atoms with Gasteiger partial charge in [-0.2, -0.15) is 0 Å². The van der Waals surface area contributed by atoms with Crippen LogP contribution in [0.5, 0.6) is 0 Å². The molecule has 0 saturated carbocycles. The Hall–Kier alpha value is -3.10. The van der Waals surface area contributed by atoms with Crippen molar-refractivity contribution in [3.63, 3.8) is 0 Å². The molecule has 1 fully saturated rings. The molecule has 1 aliphatic rings. The number of pyridine rings is 1. The van der Waals surface area contributed by atoms with E-state index in [1.54, 1.807) is 6.20 Å². The summed E-state index contributed by atoms with van der Waals surface area (Å²) in [6.07, 6.45) is 4.76. The van der Waals surface area contributed by atoms with Crippen LogP contribution in [-0.4, -0.2) is 65.2 Å². The van der Waals surface area contributed by atoms with Crippen LogP contribution in [0.2, 0.25) is 0 Å². The zero-order valence-corrected chi connectivity index (χ0v) is 15.5. The Labute approximate surface area is 163 Å². The smallest absolute Gasteiger partial charge is 0.258 e. The number of hydrogen-bond acceptors (Lipinski definition) is 7. The third-order valence-electron chi connectivity index (χ3n) is 4.61. The number of carbonyl (C=O) groups is 1. The highest BCUT2D eigenvalue weighted by atomic mass is 16.5. The van der Waals surface area contributed by atoms with Gasteiger partial charge in [-0.15, -0.1) is 0 Å². The number of ether oxygens (including phenoxy) is 1. The van der Waals surface area contributed by atoms with Crippen LogP contribution in [0, 0.1) is 0 Å². The van der Waals surface area contributed by atoms with Crippen LogP contribution >= 0.6 is 0 Å². The SMILES string of the molecule is O=C(Nc1cccc2cccnc12)c1cnc(NCCN2CCOCC2)nc1. The molecule has 3 heterocycles.